The average molecular weight is 283 g/mol. The highest BCUT2D eigenvalue weighted by Gasteiger charge is 2.09. The quantitative estimate of drug-likeness (QED) is 0.791. The maximum Gasteiger partial charge on any atom is 0.337 e. The summed E-state index contributed by atoms with van der Waals surface area (Å²) in [6.45, 7) is 4.90. The zero-order valence-electron chi connectivity index (χ0n) is 12.0. The largest absolute Gasteiger partial charge is 0.493 e. The van der Waals surface area contributed by atoms with Gasteiger partial charge in [0.15, 0.2) is 0 Å². The number of fused-ring (bicyclic) bond motifs is 3. The standard InChI is InChI=1S/C17H17NO3/c1-11(2)10-21-15-5-6-16-12(8-15)3-4-14-7-13(17(19)20)9-18(14)16/h3-9,11H,10H2,1-2H3,(H,19,20). The van der Waals surface area contributed by atoms with Gasteiger partial charge in [-0.1, -0.05) is 19.9 Å². The smallest absolute Gasteiger partial charge is 0.337 e. The Morgan fingerprint density at radius 2 is 2.05 bits per heavy atom. The van der Waals surface area contributed by atoms with E-state index in [1.165, 1.54) is 0 Å². The van der Waals surface area contributed by atoms with Crippen molar-refractivity contribution in [1.29, 1.82) is 0 Å². The highest BCUT2D eigenvalue weighted by Crippen LogP contribution is 2.24. The lowest BCUT2D eigenvalue weighted by molar-refractivity contribution is 0.0697. The number of rotatable bonds is 4. The van der Waals surface area contributed by atoms with Crippen molar-refractivity contribution < 1.29 is 14.6 Å². The first-order valence-electron chi connectivity index (χ1n) is 6.95. The van der Waals surface area contributed by atoms with Crippen LogP contribution in [-0.2, 0) is 0 Å². The molecule has 0 unspecified atom stereocenters. The van der Waals surface area contributed by atoms with Gasteiger partial charge in [-0.2, -0.15) is 0 Å². The normalized spacial score (nSPS) is 11.4. The third-order valence-electron chi connectivity index (χ3n) is 3.37. The van der Waals surface area contributed by atoms with E-state index in [9.17, 15) is 4.79 Å². The molecule has 0 aliphatic carbocycles. The minimum atomic E-state index is -0.913. The molecule has 3 rings (SSSR count). The van der Waals surface area contributed by atoms with E-state index in [0.29, 0.717) is 18.1 Å². The van der Waals surface area contributed by atoms with Crippen LogP contribution in [0.4, 0.5) is 0 Å². The van der Waals surface area contributed by atoms with Gasteiger partial charge in [-0.05, 0) is 36.2 Å². The summed E-state index contributed by atoms with van der Waals surface area (Å²) in [4.78, 5) is 11.1. The van der Waals surface area contributed by atoms with E-state index in [4.69, 9.17) is 9.84 Å². The van der Waals surface area contributed by atoms with Crippen LogP contribution in [-0.4, -0.2) is 22.1 Å². The molecule has 0 radical (unpaired) electrons. The molecule has 0 fully saturated rings. The van der Waals surface area contributed by atoms with Crippen LogP contribution in [0.1, 0.15) is 24.2 Å². The molecule has 0 aliphatic rings. The summed E-state index contributed by atoms with van der Waals surface area (Å²) in [6, 6.07) is 11.4. The van der Waals surface area contributed by atoms with Crippen LogP contribution >= 0.6 is 0 Å². The predicted molar refractivity (Wildman–Crippen MR) is 82.2 cm³/mol. The highest BCUT2D eigenvalue weighted by atomic mass is 16.5. The van der Waals surface area contributed by atoms with E-state index in [2.05, 4.69) is 13.8 Å². The Labute approximate surface area is 122 Å². The number of carboxylic acid groups (broad SMARTS) is 1. The molecule has 0 atom stereocenters. The number of benzene rings is 1. The fraction of sp³-hybridized carbons (Fsp3) is 0.235. The van der Waals surface area contributed by atoms with Gasteiger partial charge in [0.2, 0.25) is 0 Å². The minimum Gasteiger partial charge on any atom is -0.493 e. The average Bonchev–Trinajstić information content (AvgIpc) is 2.89. The molecule has 0 bridgehead atoms. The van der Waals surface area contributed by atoms with Crippen molar-refractivity contribution in [2.45, 2.75) is 13.8 Å². The second-order valence-corrected chi connectivity index (χ2v) is 5.59. The maximum absolute atomic E-state index is 11.1. The van der Waals surface area contributed by atoms with Crippen LogP contribution in [0.3, 0.4) is 0 Å². The molecular formula is C17H17NO3. The fourth-order valence-corrected chi connectivity index (χ4v) is 2.35. The summed E-state index contributed by atoms with van der Waals surface area (Å²) < 4.78 is 7.62. The number of hydrogen-bond acceptors (Lipinski definition) is 2. The SMILES string of the molecule is CC(C)COc1ccc2c(ccc3cc(C(=O)O)cn32)c1. The molecular weight excluding hydrogens is 266 g/mol. The lowest BCUT2D eigenvalue weighted by atomic mass is 10.2. The van der Waals surface area contributed by atoms with Gasteiger partial charge in [0.1, 0.15) is 5.75 Å². The summed E-state index contributed by atoms with van der Waals surface area (Å²) in [7, 11) is 0. The predicted octanol–water partition coefficient (Wildman–Crippen LogP) is 3.83. The first-order chi connectivity index (χ1) is 10.0. The van der Waals surface area contributed by atoms with Gasteiger partial charge in [-0.15, -0.1) is 0 Å². The van der Waals surface area contributed by atoms with Crippen molar-refractivity contribution in [2.75, 3.05) is 6.61 Å². The molecule has 0 amide bonds. The first kappa shape index (κ1) is 13.5. The Morgan fingerprint density at radius 1 is 1.24 bits per heavy atom. The zero-order valence-corrected chi connectivity index (χ0v) is 12.0. The second-order valence-electron chi connectivity index (χ2n) is 5.59. The molecule has 108 valence electrons. The lowest BCUT2D eigenvalue weighted by Gasteiger charge is -2.10. The van der Waals surface area contributed by atoms with Gasteiger partial charge >= 0.3 is 5.97 Å². The first-order valence-corrected chi connectivity index (χ1v) is 6.95. The fourth-order valence-electron chi connectivity index (χ4n) is 2.35. The van der Waals surface area contributed by atoms with Crippen molar-refractivity contribution in [1.82, 2.24) is 4.40 Å². The molecule has 1 aromatic carbocycles. The van der Waals surface area contributed by atoms with E-state index in [-0.39, 0.29) is 0 Å². The van der Waals surface area contributed by atoms with Gasteiger partial charge in [0, 0.05) is 17.1 Å². The third kappa shape index (κ3) is 2.57. The molecule has 2 heterocycles. The summed E-state index contributed by atoms with van der Waals surface area (Å²) in [5.74, 6) is 0.399. The Kier molecular flexibility index (Phi) is 3.29. The van der Waals surface area contributed by atoms with Crippen LogP contribution in [0.15, 0.2) is 42.6 Å². The number of aromatic nitrogens is 1. The molecule has 4 heteroatoms. The Morgan fingerprint density at radius 3 is 2.76 bits per heavy atom. The molecule has 1 N–H and O–H groups in total. The number of aromatic carboxylic acids is 1. The second kappa shape index (κ2) is 5.13. The molecule has 0 aliphatic heterocycles. The van der Waals surface area contributed by atoms with E-state index in [1.807, 2.05) is 34.7 Å². The Bertz CT molecular complexity index is 817. The number of nitrogens with zero attached hydrogens (tertiary/aromatic N) is 1. The molecule has 4 nitrogen and oxygen atoms in total. The maximum atomic E-state index is 11.1. The number of hydrogen-bond donors (Lipinski definition) is 1. The van der Waals surface area contributed by atoms with Crippen LogP contribution in [0.2, 0.25) is 0 Å². The monoisotopic (exact) mass is 283 g/mol. The third-order valence-corrected chi connectivity index (χ3v) is 3.37. The van der Waals surface area contributed by atoms with Crippen molar-refractivity contribution in [3.05, 3.63) is 48.2 Å². The van der Waals surface area contributed by atoms with Crippen LogP contribution in [0, 0.1) is 5.92 Å². The van der Waals surface area contributed by atoms with E-state index >= 15 is 0 Å². The summed E-state index contributed by atoms with van der Waals surface area (Å²) in [5, 5.41) is 10.1. The summed E-state index contributed by atoms with van der Waals surface area (Å²) in [6.07, 6.45) is 1.65. The number of pyridine rings is 1. The Hall–Kier alpha value is -2.49. The van der Waals surface area contributed by atoms with E-state index in [1.54, 1.807) is 12.3 Å². The summed E-state index contributed by atoms with van der Waals surface area (Å²) in [5.41, 5.74) is 2.13. The lowest BCUT2D eigenvalue weighted by Crippen LogP contribution is -2.04. The minimum absolute atomic E-state index is 0.294. The van der Waals surface area contributed by atoms with Crippen molar-refractivity contribution in [3.63, 3.8) is 0 Å². The van der Waals surface area contributed by atoms with Crippen LogP contribution < -0.4 is 4.74 Å². The number of carboxylic acids is 1. The number of ether oxygens (including phenoxy) is 1. The Balaban J connectivity index is 2.07. The van der Waals surface area contributed by atoms with Crippen molar-refractivity contribution in [2.24, 2.45) is 5.92 Å². The topological polar surface area (TPSA) is 50.9 Å². The van der Waals surface area contributed by atoms with E-state index < -0.39 is 5.97 Å². The van der Waals surface area contributed by atoms with Gasteiger partial charge in [0.25, 0.3) is 0 Å². The van der Waals surface area contributed by atoms with Crippen molar-refractivity contribution in [3.8, 4) is 5.75 Å². The van der Waals surface area contributed by atoms with Crippen LogP contribution in [0.25, 0.3) is 16.4 Å². The zero-order chi connectivity index (χ0) is 15.0. The van der Waals surface area contributed by atoms with Crippen molar-refractivity contribution >= 4 is 22.4 Å². The van der Waals surface area contributed by atoms with Gasteiger partial charge in [0.05, 0.1) is 17.7 Å². The van der Waals surface area contributed by atoms with Gasteiger partial charge < -0.3 is 14.2 Å². The molecule has 0 spiro atoms. The van der Waals surface area contributed by atoms with Gasteiger partial charge in [-0.25, -0.2) is 4.79 Å². The number of carbonyl (C=O) groups is 1. The van der Waals surface area contributed by atoms with Gasteiger partial charge in [-0.3, -0.25) is 0 Å². The molecule has 21 heavy (non-hydrogen) atoms. The molecule has 0 saturated heterocycles. The highest BCUT2D eigenvalue weighted by molar-refractivity contribution is 5.92. The molecule has 3 aromatic rings. The molecule has 0 saturated carbocycles. The van der Waals surface area contributed by atoms with E-state index in [0.717, 1.165) is 22.2 Å². The van der Waals surface area contributed by atoms with Crippen LogP contribution in [0.5, 0.6) is 5.75 Å². The summed E-state index contributed by atoms with van der Waals surface area (Å²) >= 11 is 0. The molecule has 2 aromatic heterocycles.